The maximum atomic E-state index is 6.54. The van der Waals surface area contributed by atoms with Crippen LogP contribution >= 0.6 is 35.6 Å². The zero-order valence-electron chi connectivity index (χ0n) is 17.9. The van der Waals surface area contributed by atoms with E-state index in [1.807, 2.05) is 19.2 Å². The van der Waals surface area contributed by atoms with E-state index in [-0.39, 0.29) is 29.4 Å². The molecule has 0 unspecified atom stereocenters. The molecule has 1 aliphatic rings. The third kappa shape index (κ3) is 8.57. The lowest BCUT2D eigenvalue weighted by Gasteiger charge is -2.38. The Hall–Kier alpha value is -0.610. The van der Waals surface area contributed by atoms with E-state index in [9.17, 15) is 0 Å². The number of likely N-dealkylation sites (N-methyl/N-ethyl adjacent to an activating group) is 1. The highest BCUT2D eigenvalue weighted by Gasteiger charge is 2.36. The van der Waals surface area contributed by atoms with Gasteiger partial charge in [0.25, 0.3) is 0 Å². The van der Waals surface area contributed by atoms with Crippen molar-refractivity contribution in [2.45, 2.75) is 24.7 Å². The molecule has 2 rings (SSSR count). The third-order valence-corrected chi connectivity index (χ3v) is 5.72. The molecule has 0 aliphatic carbocycles. The molecule has 0 bridgehead atoms. The molecule has 0 radical (unpaired) electrons. The number of hydrogen-bond donors (Lipinski definition) is 2. The highest BCUT2D eigenvalue weighted by molar-refractivity contribution is 14.0. The molecule has 0 spiro atoms. The third-order valence-electron chi connectivity index (χ3n) is 5.39. The number of hydrogen-bond acceptors (Lipinski definition) is 4. The van der Waals surface area contributed by atoms with Crippen LogP contribution in [0.2, 0.25) is 5.02 Å². The molecule has 1 aromatic rings. The summed E-state index contributed by atoms with van der Waals surface area (Å²) in [5.41, 5.74) is 1.16. The van der Waals surface area contributed by atoms with Crippen molar-refractivity contribution >= 4 is 41.5 Å². The van der Waals surface area contributed by atoms with Gasteiger partial charge >= 0.3 is 0 Å². The van der Waals surface area contributed by atoms with Gasteiger partial charge in [-0.2, -0.15) is 0 Å². The van der Waals surface area contributed by atoms with E-state index in [1.54, 1.807) is 7.11 Å². The van der Waals surface area contributed by atoms with Crippen LogP contribution in [0.1, 0.15) is 24.8 Å². The van der Waals surface area contributed by atoms with Crippen molar-refractivity contribution in [3.8, 4) is 0 Å². The van der Waals surface area contributed by atoms with Crippen molar-refractivity contribution in [3.63, 3.8) is 0 Å². The van der Waals surface area contributed by atoms with Crippen molar-refractivity contribution in [1.29, 1.82) is 0 Å². The number of nitrogens with zero attached hydrogens (tertiary/aromatic N) is 2. The summed E-state index contributed by atoms with van der Waals surface area (Å²) in [6, 6.07) is 8.15. The lowest BCUT2D eigenvalue weighted by molar-refractivity contribution is 0.0514. The molecule has 1 fully saturated rings. The normalized spacial score (nSPS) is 16.4. The van der Waals surface area contributed by atoms with Crippen LogP contribution in [0.4, 0.5) is 0 Å². The maximum Gasteiger partial charge on any atom is 0.191 e. The number of methoxy groups -OCH3 is 1. The monoisotopic (exact) mass is 538 g/mol. The first-order valence-electron chi connectivity index (χ1n) is 10.1. The van der Waals surface area contributed by atoms with Crippen LogP contribution in [0, 0.1) is 0 Å². The van der Waals surface area contributed by atoms with E-state index in [0.29, 0.717) is 0 Å². The first-order chi connectivity index (χ1) is 13.6. The Morgan fingerprint density at radius 3 is 2.62 bits per heavy atom. The molecule has 0 saturated carbocycles. The number of ether oxygens (including phenoxy) is 2. The lowest BCUT2D eigenvalue weighted by atomic mass is 9.74. The van der Waals surface area contributed by atoms with Crippen LogP contribution in [0.3, 0.4) is 0 Å². The van der Waals surface area contributed by atoms with Gasteiger partial charge in [-0.3, -0.25) is 4.99 Å². The Labute approximate surface area is 197 Å². The van der Waals surface area contributed by atoms with E-state index < -0.39 is 0 Å². The topological polar surface area (TPSA) is 58.1 Å². The average Bonchev–Trinajstić information content (AvgIpc) is 2.71. The van der Waals surface area contributed by atoms with Crippen LogP contribution in [0.25, 0.3) is 0 Å². The number of guanidine groups is 1. The largest absolute Gasteiger partial charge is 0.385 e. The van der Waals surface area contributed by atoms with Crippen molar-refractivity contribution in [1.82, 2.24) is 15.5 Å². The summed E-state index contributed by atoms with van der Waals surface area (Å²) in [6.07, 6.45) is 2.94. The fourth-order valence-corrected chi connectivity index (χ4v) is 3.96. The van der Waals surface area contributed by atoms with E-state index in [1.165, 1.54) is 5.56 Å². The number of aliphatic imine (C=N–C) groups is 1. The summed E-state index contributed by atoms with van der Waals surface area (Å²) in [5.74, 6) is 0.822. The minimum atomic E-state index is -0.0366. The minimum Gasteiger partial charge on any atom is -0.385 e. The molecule has 0 amide bonds. The zero-order chi connectivity index (χ0) is 20.2. The Morgan fingerprint density at radius 1 is 1.24 bits per heavy atom. The summed E-state index contributed by atoms with van der Waals surface area (Å²) in [4.78, 5) is 6.68. The molecule has 1 aromatic carbocycles. The maximum absolute atomic E-state index is 6.54. The Kier molecular flexibility index (Phi) is 13.1. The molecule has 1 aliphatic heterocycles. The second-order valence-electron chi connectivity index (χ2n) is 7.37. The summed E-state index contributed by atoms with van der Waals surface area (Å²) in [7, 11) is 5.68. The summed E-state index contributed by atoms with van der Waals surface area (Å²) in [6.45, 7) is 5.91. The zero-order valence-corrected chi connectivity index (χ0v) is 21.0. The van der Waals surface area contributed by atoms with Crippen molar-refractivity contribution in [2.75, 3.05) is 67.2 Å². The molecular weight excluding hydrogens is 503 g/mol. The van der Waals surface area contributed by atoms with E-state index >= 15 is 0 Å². The summed E-state index contributed by atoms with van der Waals surface area (Å²) >= 11 is 6.54. The van der Waals surface area contributed by atoms with E-state index in [0.717, 1.165) is 76.2 Å². The van der Waals surface area contributed by atoms with Crippen LogP contribution in [-0.2, 0) is 14.9 Å². The predicted octanol–water partition coefficient (Wildman–Crippen LogP) is 3.14. The van der Waals surface area contributed by atoms with Gasteiger partial charge in [0.05, 0.1) is 0 Å². The number of rotatable bonds is 10. The molecule has 2 N–H and O–H groups in total. The summed E-state index contributed by atoms with van der Waals surface area (Å²) < 4.78 is 10.7. The smallest absolute Gasteiger partial charge is 0.191 e. The average molecular weight is 539 g/mol. The summed E-state index contributed by atoms with van der Waals surface area (Å²) in [5, 5.41) is 7.76. The molecule has 0 aromatic heterocycles. The number of halogens is 2. The van der Waals surface area contributed by atoms with Crippen LogP contribution in [0.15, 0.2) is 29.3 Å². The van der Waals surface area contributed by atoms with Crippen LogP contribution in [-0.4, -0.2) is 78.1 Å². The Morgan fingerprint density at radius 2 is 1.97 bits per heavy atom. The Balaban J connectivity index is 0.00000420. The van der Waals surface area contributed by atoms with Crippen molar-refractivity contribution < 1.29 is 9.47 Å². The second-order valence-corrected chi connectivity index (χ2v) is 7.78. The SMILES string of the molecule is CN=C(NCCN(C)CCCOC)NCC1(c2ccccc2Cl)CCOCC1.I. The fraction of sp³-hybridized carbons (Fsp3) is 0.667. The van der Waals surface area contributed by atoms with Gasteiger partial charge in [-0.1, -0.05) is 29.8 Å². The van der Waals surface area contributed by atoms with Gasteiger partial charge in [0.1, 0.15) is 0 Å². The van der Waals surface area contributed by atoms with Gasteiger partial charge in [-0.15, -0.1) is 24.0 Å². The molecule has 8 heteroatoms. The lowest BCUT2D eigenvalue weighted by Crippen LogP contribution is -2.49. The second kappa shape index (κ2) is 14.4. The molecule has 0 atom stereocenters. The van der Waals surface area contributed by atoms with Gasteiger partial charge < -0.3 is 25.0 Å². The molecule has 29 heavy (non-hydrogen) atoms. The predicted molar refractivity (Wildman–Crippen MR) is 132 cm³/mol. The van der Waals surface area contributed by atoms with Gasteiger partial charge in [-0.05, 0) is 37.9 Å². The first kappa shape index (κ1) is 26.4. The number of nitrogens with one attached hydrogen (secondary N) is 2. The standard InChI is InChI=1S/C21H35ClN4O2.HI/c1-23-20(24-11-13-26(2)12-6-14-27-3)25-17-21(9-15-28-16-10-21)18-7-4-5-8-19(18)22;/h4-5,7-8H,6,9-17H2,1-3H3,(H2,23,24,25);1H. The van der Waals surface area contributed by atoms with Crippen LogP contribution < -0.4 is 10.6 Å². The Bertz CT molecular complexity index is 612. The number of benzene rings is 1. The van der Waals surface area contributed by atoms with E-state index in [4.69, 9.17) is 21.1 Å². The van der Waals surface area contributed by atoms with Gasteiger partial charge in [-0.25, -0.2) is 0 Å². The molecule has 1 saturated heterocycles. The van der Waals surface area contributed by atoms with Gasteiger partial charge in [0.2, 0.25) is 0 Å². The van der Waals surface area contributed by atoms with Crippen LogP contribution in [0.5, 0.6) is 0 Å². The van der Waals surface area contributed by atoms with Gasteiger partial charge in [0.15, 0.2) is 5.96 Å². The molecular formula is C21H36ClIN4O2. The molecule has 6 nitrogen and oxygen atoms in total. The molecule has 166 valence electrons. The first-order valence-corrected chi connectivity index (χ1v) is 10.4. The fourth-order valence-electron chi connectivity index (χ4n) is 3.62. The van der Waals surface area contributed by atoms with Crippen molar-refractivity contribution in [3.05, 3.63) is 34.9 Å². The van der Waals surface area contributed by atoms with Crippen molar-refractivity contribution in [2.24, 2.45) is 4.99 Å². The quantitative estimate of drug-likeness (QED) is 0.207. The minimum absolute atomic E-state index is 0. The highest BCUT2D eigenvalue weighted by Crippen LogP contribution is 2.38. The van der Waals surface area contributed by atoms with Gasteiger partial charge in [0, 0.05) is 70.6 Å². The molecule has 1 heterocycles. The highest BCUT2D eigenvalue weighted by atomic mass is 127. The van der Waals surface area contributed by atoms with E-state index in [2.05, 4.69) is 39.7 Å².